The van der Waals surface area contributed by atoms with Gasteiger partial charge in [0.2, 0.25) is 5.88 Å². The predicted molar refractivity (Wildman–Crippen MR) is 108 cm³/mol. The van der Waals surface area contributed by atoms with E-state index in [1.54, 1.807) is 19.2 Å². The molecule has 3 rings (SSSR count). The molecule has 6 heteroatoms. The summed E-state index contributed by atoms with van der Waals surface area (Å²) < 4.78 is 17.0. The van der Waals surface area contributed by atoms with Gasteiger partial charge in [0.15, 0.2) is 11.5 Å². The van der Waals surface area contributed by atoms with Gasteiger partial charge in [0.1, 0.15) is 17.4 Å². The second-order valence-electron chi connectivity index (χ2n) is 7.16. The van der Waals surface area contributed by atoms with Gasteiger partial charge in [-0.3, -0.25) is 0 Å². The van der Waals surface area contributed by atoms with Crippen molar-refractivity contribution in [3.8, 4) is 23.3 Å². The first kappa shape index (κ1) is 19.4. The van der Waals surface area contributed by atoms with Gasteiger partial charge in [-0.05, 0) is 36.1 Å². The SMILES string of the molecule is COc1cc(C2C(C#N)=C(N)Oc3cc(N)ccc32)ccc1OCCC(C)C. The van der Waals surface area contributed by atoms with Crippen molar-refractivity contribution >= 4 is 5.69 Å². The van der Waals surface area contributed by atoms with Gasteiger partial charge in [0, 0.05) is 17.3 Å². The van der Waals surface area contributed by atoms with Gasteiger partial charge in [0.25, 0.3) is 0 Å². The molecule has 6 nitrogen and oxygen atoms in total. The zero-order chi connectivity index (χ0) is 20.3. The molecule has 2 aromatic carbocycles. The summed E-state index contributed by atoms with van der Waals surface area (Å²) in [4.78, 5) is 0. The Balaban J connectivity index is 2.01. The van der Waals surface area contributed by atoms with E-state index in [1.165, 1.54) is 0 Å². The highest BCUT2D eigenvalue weighted by Gasteiger charge is 2.31. The molecule has 1 aliphatic heterocycles. The average molecular weight is 379 g/mol. The third-order valence-corrected chi connectivity index (χ3v) is 4.72. The molecule has 28 heavy (non-hydrogen) atoms. The molecule has 0 amide bonds. The molecule has 1 unspecified atom stereocenters. The highest BCUT2D eigenvalue weighted by Crippen LogP contribution is 2.44. The number of benzene rings is 2. The summed E-state index contributed by atoms with van der Waals surface area (Å²) in [6, 6.07) is 13.2. The molecule has 0 aliphatic carbocycles. The van der Waals surface area contributed by atoms with E-state index in [0.29, 0.717) is 41.0 Å². The van der Waals surface area contributed by atoms with Crippen molar-refractivity contribution in [1.29, 1.82) is 5.26 Å². The smallest absolute Gasteiger partial charge is 0.205 e. The van der Waals surface area contributed by atoms with Crippen molar-refractivity contribution in [2.75, 3.05) is 19.5 Å². The Bertz CT molecular complexity index is 945. The second-order valence-corrected chi connectivity index (χ2v) is 7.16. The normalized spacial score (nSPS) is 15.6. The van der Waals surface area contributed by atoms with E-state index < -0.39 is 0 Å². The molecule has 1 heterocycles. The van der Waals surface area contributed by atoms with Crippen LogP contribution < -0.4 is 25.7 Å². The molecule has 0 aromatic heterocycles. The zero-order valence-electron chi connectivity index (χ0n) is 16.4. The summed E-state index contributed by atoms with van der Waals surface area (Å²) in [5.41, 5.74) is 14.5. The fourth-order valence-electron chi connectivity index (χ4n) is 3.20. The number of hydrogen-bond acceptors (Lipinski definition) is 6. The minimum absolute atomic E-state index is 0.0850. The number of nitrogens with zero attached hydrogens (tertiary/aromatic N) is 1. The Labute approximate surface area is 165 Å². The average Bonchev–Trinajstić information content (AvgIpc) is 2.66. The Morgan fingerprint density at radius 3 is 2.61 bits per heavy atom. The van der Waals surface area contributed by atoms with Gasteiger partial charge in [-0.15, -0.1) is 0 Å². The summed E-state index contributed by atoms with van der Waals surface area (Å²) in [6.07, 6.45) is 0.956. The number of allylic oxidation sites excluding steroid dienone is 1. The maximum atomic E-state index is 9.67. The lowest BCUT2D eigenvalue weighted by Crippen LogP contribution is -2.21. The van der Waals surface area contributed by atoms with Crippen molar-refractivity contribution < 1.29 is 14.2 Å². The Hall–Kier alpha value is -3.33. The summed E-state index contributed by atoms with van der Waals surface area (Å²) in [6.45, 7) is 4.92. The maximum Gasteiger partial charge on any atom is 0.205 e. The first-order valence-electron chi connectivity index (χ1n) is 9.22. The Morgan fingerprint density at radius 1 is 1.14 bits per heavy atom. The van der Waals surface area contributed by atoms with Gasteiger partial charge in [-0.25, -0.2) is 0 Å². The third-order valence-electron chi connectivity index (χ3n) is 4.72. The number of nitrogens with two attached hydrogens (primary N) is 2. The van der Waals surface area contributed by atoms with Crippen LogP contribution in [0.5, 0.6) is 17.2 Å². The lowest BCUT2D eigenvalue weighted by Gasteiger charge is -2.27. The van der Waals surface area contributed by atoms with Crippen molar-refractivity contribution in [2.45, 2.75) is 26.2 Å². The quantitative estimate of drug-likeness (QED) is 0.737. The summed E-state index contributed by atoms with van der Waals surface area (Å²) in [7, 11) is 1.60. The van der Waals surface area contributed by atoms with Crippen LogP contribution in [0.15, 0.2) is 47.9 Å². The van der Waals surface area contributed by atoms with Crippen LogP contribution >= 0.6 is 0 Å². The van der Waals surface area contributed by atoms with E-state index in [2.05, 4.69) is 19.9 Å². The van der Waals surface area contributed by atoms with Crippen molar-refractivity contribution in [3.63, 3.8) is 0 Å². The largest absolute Gasteiger partial charge is 0.493 e. The molecule has 146 valence electrons. The Kier molecular flexibility index (Phi) is 5.65. The van der Waals surface area contributed by atoms with Gasteiger partial charge >= 0.3 is 0 Å². The number of hydrogen-bond donors (Lipinski definition) is 2. The van der Waals surface area contributed by atoms with E-state index in [1.807, 2.05) is 24.3 Å². The summed E-state index contributed by atoms with van der Waals surface area (Å²) in [5, 5.41) is 9.67. The summed E-state index contributed by atoms with van der Waals surface area (Å²) >= 11 is 0. The number of ether oxygens (including phenoxy) is 3. The minimum atomic E-state index is -0.368. The van der Waals surface area contributed by atoms with E-state index in [9.17, 15) is 5.26 Å². The standard InChI is InChI=1S/C22H25N3O3/c1-13(2)8-9-27-18-7-4-14(10-20(18)26-3)21-16-6-5-15(24)11-19(16)28-22(25)17(21)12-23/h4-7,10-11,13,21H,8-9,24-25H2,1-3H3. The van der Waals surface area contributed by atoms with Crippen LogP contribution in [0.2, 0.25) is 0 Å². The van der Waals surface area contributed by atoms with Gasteiger partial charge in [0.05, 0.1) is 19.6 Å². The van der Waals surface area contributed by atoms with E-state index >= 15 is 0 Å². The number of methoxy groups -OCH3 is 1. The number of rotatable bonds is 6. The predicted octanol–water partition coefficient (Wildman–Crippen LogP) is 3.92. The number of nitrogen functional groups attached to an aromatic ring is 1. The molecule has 0 saturated carbocycles. The van der Waals surface area contributed by atoms with Crippen molar-refractivity contribution in [3.05, 3.63) is 59.0 Å². The third kappa shape index (κ3) is 3.84. The highest BCUT2D eigenvalue weighted by molar-refractivity contribution is 5.60. The zero-order valence-corrected chi connectivity index (χ0v) is 16.4. The molecule has 4 N–H and O–H groups in total. The Morgan fingerprint density at radius 2 is 1.93 bits per heavy atom. The molecule has 0 bridgehead atoms. The molecule has 2 aromatic rings. The molecule has 0 saturated heterocycles. The van der Waals surface area contributed by atoms with Crippen LogP contribution in [0.25, 0.3) is 0 Å². The first-order chi connectivity index (χ1) is 13.4. The van der Waals surface area contributed by atoms with Crippen LogP contribution in [0.4, 0.5) is 5.69 Å². The van der Waals surface area contributed by atoms with E-state index in [4.69, 9.17) is 25.7 Å². The first-order valence-corrected chi connectivity index (χ1v) is 9.22. The maximum absolute atomic E-state index is 9.67. The molecular weight excluding hydrogens is 354 g/mol. The van der Waals surface area contributed by atoms with Crippen LogP contribution in [-0.2, 0) is 0 Å². The summed E-state index contributed by atoms with van der Waals surface area (Å²) in [5.74, 6) is 2.11. The molecule has 0 radical (unpaired) electrons. The fraction of sp³-hybridized carbons (Fsp3) is 0.318. The topological polar surface area (TPSA) is 104 Å². The van der Waals surface area contributed by atoms with Gasteiger partial charge < -0.3 is 25.7 Å². The lowest BCUT2D eigenvalue weighted by molar-refractivity contribution is 0.273. The highest BCUT2D eigenvalue weighted by atomic mass is 16.5. The number of anilines is 1. The van der Waals surface area contributed by atoms with Crippen LogP contribution in [-0.4, -0.2) is 13.7 Å². The fourth-order valence-corrected chi connectivity index (χ4v) is 3.20. The molecule has 0 fully saturated rings. The number of fused-ring (bicyclic) bond motifs is 1. The second kappa shape index (κ2) is 8.13. The van der Waals surface area contributed by atoms with Crippen LogP contribution in [0.1, 0.15) is 37.3 Å². The monoisotopic (exact) mass is 379 g/mol. The van der Waals surface area contributed by atoms with Crippen molar-refractivity contribution in [2.24, 2.45) is 11.7 Å². The van der Waals surface area contributed by atoms with Crippen LogP contribution in [0, 0.1) is 17.2 Å². The number of nitriles is 1. The molecule has 1 aliphatic rings. The molecule has 1 atom stereocenters. The molecular formula is C22H25N3O3. The molecule has 0 spiro atoms. The van der Waals surface area contributed by atoms with E-state index in [0.717, 1.165) is 17.5 Å². The van der Waals surface area contributed by atoms with Gasteiger partial charge in [-0.1, -0.05) is 26.0 Å². The van der Waals surface area contributed by atoms with Crippen molar-refractivity contribution in [1.82, 2.24) is 0 Å². The van der Waals surface area contributed by atoms with Gasteiger partial charge in [-0.2, -0.15) is 5.26 Å². The van der Waals surface area contributed by atoms with E-state index in [-0.39, 0.29) is 11.8 Å². The lowest BCUT2D eigenvalue weighted by atomic mass is 9.83. The minimum Gasteiger partial charge on any atom is -0.493 e. The van der Waals surface area contributed by atoms with Crippen LogP contribution in [0.3, 0.4) is 0 Å².